The highest BCUT2D eigenvalue weighted by atomic mass is 16.5. The number of nitrogens with one attached hydrogen (secondary N) is 2. The Morgan fingerprint density at radius 2 is 1.90 bits per heavy atom. The van der Waals surface area contributed by atoms with Crippen LogP contribution in [-0.2, 0) is 19.1 Å². The van der Waals surface area contributed by atoms with E-state index in [0.29, 0.717) is 13.2 Å². The van der Waals surface area contributed by atoms with Crippen LogP contribution in [0.3, 0.4) is 0 Å². The van der Waals surface area contributed by atoms with Gasteiger partial charge in [0.2, 0.25) is 5.91 Å². The Kier molecular flexibility index (Phi) is 8.08. The van der Waals surface area contributed by atoms with E-state index in [-0.39, 0.29) is 24.8 Å². The average molecular weight is 294 g/mol. The number of methoxy groups -OCH3 is 2. The molecule has 0 spiro atoms. The first-order valence-corrected chi connectivity index (χ1v) is 6.78. The van der Waals surface area contributed by atoms with Gasteiger partial charge in [0.05, 0.1) is 32.7 Å². The summed E-state index contributed by atoms with van der Waals surface area (Å²) >= 11 is 0. The predicted octanol–water partition coefficient (Wildman–Crippen LogP) is 0.643. The van der Waals surface area contributed by atoms with Gasteiger partial charge >= 0.3 is 5.97 Å². The first kappa shape index (κ1) is 17.1. The zero-order valence-electron chi connectivity index (χ0n) is 12.4. The molecule has 2 N–H and O–H groups in total. The molecule has 6 nitrogen and oxygen atoms in total. The molecule has 1 aromatic carbocycles. The van der Waals surface area contributed by atoms with Crippen LogP contribution < -0.4 is 10.6 Å². The van der Waals surface area contributed by atoms with Gasteiger partial charge in [-0.25, -0.2) is 0 Å². The highest BCUT2D eigenvalue weighted by Gasteiger charge is 2.18. The third-order valence-corrected chi connectivity index (χ3v) is 2.90. The number of esters is 1. The number of ether oxygens (including phenoxy) is 2. The van der Waals surface area contributed by atoms with Gasteiger partial charge in [-0.15, -0.1) is 0 Å². The molecule has 1 rings (SSSR count). The summed E-state index contributed by atoms with van der Waals surface area (Å²) < 4.78 is 9.56. The zero-order chi connectivity index (χ0) is 15.5. The van der Waals surface area contributed by atoms with E-state index in [1.807, 2.05) is 30.3 Å². The van der Waals surface area contributed by atoms with E-state index >= 15 is 0 Å². The van der Waals surface area contributed by atoms with Crippen molar-refractivity contribution in [2.45, 2.75) is 12.5 Å². The molecule has 1 aromatic rings. The van der Waals surface area contributed by atoms with Crippen LogP contribution in [-0.4, -0.2) is 45.8 Å². The quantitative estimate of drug-likeness (QED) is 0.516. The molecule has 0 saturated carbocycles. The van der Waals surface area contributed by atoms with Crippen LogP contribution in [0.25, 0.3) is 0 Å². The second-order valence-corrected chi connectivity index (χ2v) is 4.48. The number of hydrogen-bond acceptors (Lipinski definition) is 5. The summed E-state index contributed by atoms with van der Waals surface area (Å²) in [6.45, 7) is 1.31. The molecule has 0 aromatic heterocycles. The van der Waals surface area contributed by atoms with Crippen molar-refractivity contribution in [3.8, 4) is 0 Å². The third kappa shape index (κ3) is 6.87. The fraction of sp³-hybridized carbons (Fsp3) is 0.467. The van der Waals surface area contributed by atoms with Gasteiger partial charge in [-0.3, -0.25) is 9.59 Å². The lowest BCUT2D eigenvalue weighted by Gasteiger charge is -2.18. The lowest BCUT2D eigenvalue weighted by Crippen LogP contribution is -2.38. The van der Waals surface area contributed by atoms with Gasteiger partial charge in [0.1, 0.15) is 0 Å². The lowest BCUT2D eigenvalue weighted by molar-refractivity contribution is -0.141. The summed E-state index contributed by atoms with van der Waals surface area (Å²) in [5.41, 5.74) is 0.869. The van der Waals surface area contributed by atoms with Gasteiger partial charge in [-0.1, -0.05) is 30.3 Å². The fourth-order valence-electron chi connectivity index (χ4n) is 1.81. The Bertz CT molecular complexity index is 437. The molecular weight excluding hydrogens is 272 g/mol. The van der Waals surface area contributed by atoms with Crippen molar-refractivity contribution in [1.29, 1.82) is 0 Å². The van der Waals surface area contributed by atoms with Crippen molar-refractivity contribution in [3.05, 3.63) is 35.9 Å². The van der Waals surface area contributed by atoms with Crippen molar-refractivity contribution in [2.75, 3.05) is 33.9 Å². The summed E-state index contributed by atoms with van der Waals surface area (Å²) in [5, 5.41) is 5.79. The molecule has 0 radical (unpaired) electrons. The molecule has 0 heterocycles. The highest BCUT2D eigenvalue weighted by Crippen LogP contribution is 2.16. The zero-order valence-corrected chi connectivity index (χ0v) is 12.4. The normalized spacial score (nSPS) is 11.7. The first-order valence-electron chi connectivity index (χ1n) is 6.78. The molecule has 116 valence electrons. The Morgan fingerprint density at radius 3 is 2.52 bits per heavy atom. The van der Waals surface area contributed by atoms with Gasteiger partial charge < -0.3 is 20.1 Å². The second-order valence-electron chi connectivity index (χ2n) is 4.48. The van der Waals surface area contributed by atoms with Crippen molar-refractivity contribution in [2.24, 2.45) is 0 Å². The first-order chi connectivity index (χ1) is 10.2. The Hall–Kier alpha value is -1.92. The van der Waals surface area contributed by atoms with Crippen LogP contribution in [0.2, 0.25) is 0 Å². The van der Waals surface area contributed by atoms with Crippen molar-refractivity contribution < 1.29 is 19.1 Å². The summed E-state index contributed by atoms with van der Waals surface area (Å²) in [6, 6.07) is 8.95. The van der Waals surface area contributed by atoms with Crippen LogP contribution in [0.5, 0.6) is 0 Å². The second kappa shape index (κ2) is 9.90. The van der Waals surface area contributed by atoms with Gasteiger partial charge in [-0.2, -0.15) is 0 Å². The summed E-state index contributed by atoms with van der Waals surface area (Å²) in [5.74, 6) is -0.541. The minimum Gasteiger partial charge on any atom is -0.469 e. The minimum atomic E-state index is -0.393. The van der Waals surface area contributed by atoms with Crippen LogP contribution >= 0.6 is 0 Å². The molecule has 21 heavy (non-hydrogen) atoms. The van der Waals surface area contributed by atoms with E-state index < -0.39 is 6.04 Å². The molecule has 0 aliphatic rings. The van der Waals surface area contributed by atoms with Crippen LogP contribution in [0.15, 0.2) is 30.3 Å². The highest BCUT2D eigenvalue weighted by molar-refractivity contribution is 5.79. The molecule has 0 aliphatic heterocycles. The number of carbonyl (C=O) groups excluding carboxylic acids is 2. The maximum Gasteiger partial charge on any atom is 0.307 e. The van der Waals surface area contributed by atoms with Crippen molar-refractivity contribution in [3.63, 3.8) is 0 Å². The maximum atomic E-state index is 11.9. The molecular formula is C15H22N2O4. The van der Waals surface area contributed by atoms with Gasteiger partial charge in [-0.05, 0) is 5.56 Å². The largest absolute Gasteiger partial charge is 0.469 e. The number of amides is 1. The molecule has 0 aliphatic carbocycles. The van der Waals surface area contributed by atoms with E-state index in [4.69, 9.17) is 4.74 Å². The van der Waals surface area contributed by atoms with E-state index in [1.54, 1.807) is 7.11 Å². The summed E-state index contributed by atoms with van der Waals surface area (Å²) in [6.07, 6.45) is 0.102. The van der Waals surface area contributed by atoms with Gasteiger partial charge in [0.25, 0.3) is 0 Å². The topological polar surface area (TPSA) is 76.7 Å². The van der Waals surface area contributed by atoms with E-state index in [0.717, 1.165) is 5.56 Å². The standard InChI is InChI=1S/C15H22N2O4/c1-20-9-8-16-11-14(18)17-13(10-15(19)21-2)12-6-4-3-5-7-12/h3-7,13,16H,8-11H2,1-2H3,(H,17,18). The van der Waals surface area contributed by atoms with Gasteiger partial charge in [0, 0.05) is 13.7 Å². The molecule has 0 fully saturated rings. The van der Waals surface area contributed by atoms with Gasteiger partial charge in [0.15, 0.2) is 0 Å². The average Bonchev–Trinajstić information content (AvgIpc) is 2.51. The number of carbonyl (C=O) groups is 2. The van der Waals surface area contributed by atoms with E-state index in [9.17, 15) is 9.59 Å². The monoisotopic (exact) mass is 294 g/mol. The van der Waals surface area contributed by atoms with E-state index in [2.05, 4.69) is 15.4 Å². The number of rotatable bonds is 9. The molecule has 0 bridgehead atoms. The molecule has 6 heteroatoms. The SMILES string of the molecule is COCCNCC(=O)NC(CC(=O)OC)c1ccccc1. The smallest absolute Gasteiger partial charge is 0.307 e. The van der Waals surface area contributed by atoms with Crippen molar-refractivity contribution in [1.82, 2.24) is 10.6 Å². The summed E-state index contributed by atoms with van der Waals surface area (Å²) in [7, 11) is 2.93. The molecule has 0 saturated heterocycles. The Balaban J connectivity index is 2.56. The lowest BCUT2D eigenvalue weighted by atomic mass is 10.0. The molecule has 1 unspecified atom stereocenters. The third-order valence-electron chi connectivity index (χ3n) is 2.90. The summed E-state index contributed by atoms with van der Waals surface area (Å²) in [4.78, 5) is 23.4. The molecule has 1 amide bonds. The van der Waals surface area contributed by atoms with Crippen LogP contribution in [0.4, 0.5) is 0 Å². The molecule has 1 atom stereocenters. The van der Waals surface area contributed by atoms with Crippen molar-refractivity contribution >= 4 is 11.9 Å². The predicted molar refractivity (Wildman–Crippen MR) is 78.7 cm³/mol. The Morgan fingerprint density at radius 1 is 1.19 bits per heavy atom. The maximum absolute atomic E-state index is 11.9. The van der Waals surface area contributed by atoms with E-state index in [1.165, 1.54) is 7.11 Å². The number of hydrogen-bond donors (Lipinski definition) is 2. The van der Waals surface area contributed by atoms with Crippen LogP contribution in [0.1, 0.15) is 18.0 Å². The number of benzene rings is 1. The minimum absolute atomic E-state index is 0.102. The fourth-order valence-corrected chi connectivity index (χ4v) is 1.81. The Labute approximate surface area is 124 Å². The van der Waals surface area contributed by atoms with Crippen LogP contribution in [0, 0.1) is 0 Å².